The summed E-state index contributed by atoms with van der Waals surface area (Å²) >= 11 is 0. The van der Waals surface area contributed by atoms with Gasteiger partial charge in [0, 0.05) is 10.2 Å². The molecule has 1 rings (SSSR count). The number of rotatable bonds is 1. The van der Waals surface area contributed by atoms with E-state index in [9.17, 15) is 8.22 Å². The van der Waals surface area contributed by atoms with E-state index >= 15 is 0 Å². The average Bonchev–Trinajstić information content (AvgIpc) is 1.99. The van der Waals surface area contributed by atoms with Crippen LogP contribution in [0.15, 0.2) is 18.2 Å². The first-order valence-corrected chi connectivity index (χ1v) is 6.87. The second-order valence-corrected chi connectivity index (χ2v) is 8.43. The lowest BCUT2D eigenvalue weighted by Crippen LogP contribution is -2.47. The van der Waals surface area contributed by atoms with Crippen LogP contribution in [0.3, 0.4) is 0 Å². The van der Waals surface area contributed by atoms with E-state index in [1.54, 1.807) is 32.9 Å². The molecule has 84 valence electrons. The summed E-state index contributed by atoms with van der Waals surface area (Å²) in [5.74, 6) is 0. The summed E-state index contributed by atoms with van der Waals surface area (Å²) in [7, 11) is -4.34. The summed E-state index contributed by atoms with van der Waals surface area (Å²) in [6.45, 7) is 8.60. The number of hydrogen-bond donors (Lipinski definition) is 0. The van der Waals surface area contributed by atoms with Gasteiger partial charge in [0.2, 0.25) is 0 Å². The van der Waals surface area contributed by atoms with Crippen LogP contribution < -0.4 is 5.19 Å². The Morgan fingerprint density at radius 1 is 0.933 bits per heavy atom. The molecule has 0 unspecified atom stereocenters. The van der Waals surface area contributed by atoms with Gasteiger partial charge in [-0.1, -0.05) is 50.1 Å². The fourth-order valence-electron chi connectivity index (χ4n) is 1.59. The van der Waals surface area contributed by atoms with Gasteiger partial charge < -0.3 is 0 Å². The molecule has 0 aromatic heterocycles. The second-order valence-electron chi connectivity index (χ2n) is 5.20. The molecule has 3 heteroatoms. The third kappa shape index (κ3) is 2.45. The molecule has 0 amide bonds. The van der Waals surface area contributed by atoms with Crippen molar-refractivity contribution in [2.24, 2.45) is 0 Å². The van der Waals surface area contributed by atoms with Crippen molar-refractivity contribution >= 4 is 13.9 Å². The first-order chi connectivity index (χ1) is 6.64. The minimum atomic E-state index is -4.34. The molecule has 0 N–H and O–H groups in total. The summed E-state index contributed by atoms with van der Waals surface area (Å²) in [6, 6.07) is 5.19. The summed E-state index contributed by atoms with van der Waals surface area (Å²) < 4.78 is 28.3. The van der Waals surface area contributed by atoms with E-state index in [1.807, 2.05) is 19.9 Å². The molecule has 0 saturated heterocycles. The van der Waals surface area contributed by atoms with Crippen molar-refractivity contribution in [2.75, 3.05) is 0 Å². The lowest BCUT2D eigenvalue weighted by atomic mass is 10.2. The van der Waals surface area contributed by atoms with Gasteiger partial charge in [-0.25, -0.2) is 0 Å². The number of aryl methyl sites for hydroxylation is 2. The van der Waals surface area contributed by atoms with Crippen molar-refractivity contribution in [1.82, 2.24) is 0 Å². The van der Waals surface area contributed by atoms with Crippen LogP contribution in [0.2, 0.25) is 5.04 Å². The Kier molecular flexibility index (Phi) is 3.05. The van der Waals surface area contributed by atoms with Gasteiger partial charge in [-0.05, 0) is 13.8 Å². The minimum Gasteiger partial charge on any atom is -0.264 e. The lowest BCUT2D eigenvalue weighted by Gasteiger charge is -2.27. The third-order valence-electron chi connectivity index (χ3n) is 2.53. The Labute approximate surface area is 91.7 Å². The molecular formula is C12H18F2Si. The van der Waals surface area contributed by atoms with E-state index in [2.05, 4.69) is 0 Å². The van der Waals surface area contributed by atoms with Crippen LogP contribution in [-0.2, 0) is 0 Å². The normalized spacial score (nSPS) is 13.0. The standard InChI is InChI=1S/C12H18F2Si/c1-9-6-10(2)8-11(7-9)15(13,14)12(3,4)5/h6-8H,1-5H3. The topological polar surface area (TPSA) is 0 Å². The number of benzene rings is 1. The quantitative estimate of drug-likeness (QED) is 0.508. The van der Waals surface area contributed by atoms with Crippen molar-refractivity contribution < 1.29 is 8.22 Å². The SMILES string of the molecule is Cc1cc(C)cc([Si](F)(F)C(C)(C)C)c1. The van der Waals surface area contributed by atoms with Crippen molar-refractivity contribution in [1.29, 1.82) is 0 Å². The predicted molar refractivity (Wildman–Crippen MR) is 63.2 cm³/mol. The Bertz CT molecular complexity index is 344. The molecule has 0 nitrogen and oxygen atoms in total. The maximum Gasteiger partial charge on any atom is 0.460 e. The fraction of sp³-hybridized carbons (Fsp3) is 0.500. The van der Waals surface area contributed by atoms with E-state index in [-0.39, 0.29) is 5.19 Å². The lowest BCUT2D eigenvalue weighted by molar-refractivity contribution is 0.519. The van der Waals surface area contributed by atoms with E-state index < -0.39 is 13.8 Å². The smallest absolute Gasteiger partial charge is 0.264 e. The Morgan fingerprint density at radius 3 is 1.67 bits per heavy atom. The van der Waals surface area contributed by atoms with Gasteiger partial charge in [0.25, 0.3) is 0 Å². The highest BCUT2D eigenvalue weighted by Gasteiger charge is 2.50. The van der Waals surface area contributed by atoms with E-state index in [4.69, 9.17) is 0 Å². The summed E-state index contributed by atoms with van der Waals surface area (Å²) in [6.07, 6.45) is 0. The number of hydrogen-bond acceptors (Lipinski definition) is 0. The second kappa shape index (κ2) is 3.70. The van der Waals surface area contributed by atoms with Crippen LogP contribution in [0.5, 0.6) is 0 Å². The van der Waals surface area contributed by atoms with Gasteiger partial charge in [0.1, 0.15) is 0 Å². The third-order valence-corrected chi connectivity index (χ3v) is 5.42. The van der Waals surface area contributed by atoms with E-state index in [1.165, 1.54) is 0 Å². The van der Waals surface area contributed by atoms with Gasteiger partial charge in [-0.15, -0.1) is 0 Å². The monoisotopic (exact) mass is 228 g/mol. The highest BCUT2D eigenvalue weighted by atomic mass is 28.4. The summed E-state index contributed by atoms with van der Waals surface area (Å²) in [5, 5.41) is -0.653. The van der Waals surface area contributed by atoms with Crippen LogP contribution in [0.25, 0.3) is 0 Å². The van der Waals surface area contributed by atoms with Crippen LogP contribution in [0, 0.1) is 13.8 Å². The highest BCUT2D eigenvalue weighted by Crippen LogP contribution is 2.37. The molecule has 0 aliphatic heterocycles. The fourth-order valence-corrected chi connectivity index (χ4v) is 3.27. The van der Waals surface area contributed by atoms with Crippen molar-refractivity contribution in [3.05, 3.63) is 29.3 Å². The predicted octanol–water partition coefficient (Wildman–Crippen LogP) is 3.69. The van der Waals surface area contributed by atoms with Gasteiger partial charge in [-0.3, -0.25) is 8.22 Å². The Morgan fingerprint density at radius 2 is 1.33 bits per heavy atom. The maximum absolute atomic E-state index is 14.2. The van der Waals surface area contributed by atoms with E-state index in [0.29, 0.717) is 0 Å². The van der Waals surface area contributed by atoms with Gasteiger partial charge >= 0.3 is 8.74 Å². The summed E-state index contributed by atoms with van der Waals surface area (Å²) in [4.78, 5) is 0. The van der Waals surface area contributed by atoms with Crippen molar-refractivity contribution in [3.8, 4) is 0 Å². The minimum absolute atomic E-state index is 0.257. The van der Waals surface area contributed by atoms with Crippen LogP contribution in [0.4, 0.5) is 8.22 Å². The number of halogens is 2. The largest absolute Gasteiger partial charge is 0.460 e. The summed E-state index contributed by atoms with van der Waals surface area (Å²) in [5.41, 5.74) is 1.84. The first-order valence-electron chi connectivity index (χ1n) is 5.11. The van der Waals surface area contributed by atoms with Crippen LogP contribution >= 0.6 is 0 Å². The molecule has 0 radical (unpaired) electrons. The molecule has 0 saturated carbocycles. The molecule has 15 heavy (non-hydrogen) atoms. The molecule has 0 bridgehead atoms. The van der Waals surface area contributed by atoms with Gasteiger partial charge in [-0.2, -0.15) is 0 Å². The maximum atomic E-state index is 14.2. The van der Waals surface area contributed by atoms with Crippen molar-refractivity contribution in [3.63, 3.8) is 0 Å². The first kappa shape index (κ1) is 12.4. The molecular weight excluding hydrogens is 210 g/mol. The molecule has 0 heterocycles. The molecule has 0 spiro atoms. The van der Waals surface area contributed by atoms with Crippen molar-refractivity contribution in [2.45, 2.75) is 39.7 Å². The van der Waals surface area contributed by atoms with Crippen LogP contribution in [-0.4, -0.2) is 8.74 Å². The molecule has 0 fully saturated rings. The Hall–Kier alpha value is -0.703. The Balaban J connectivity index is 3.27. The molecule has 1 aromatic carbocycles. The van der Waals surface area contributed by atoms with Crippen LogP contribution in [0.1, 0.15) is 31.9 Å². The zero-order valence-electron chi connectivity index (χ0n) is 9.99. The molecule has 1 aromatic rings. The van der Waals surface area contributed by atoms with Gasteiger partial charge in [0.15, 0.2) is 0 Å². The zero-order valence-corrected chi connectivity index (χ0v) is 11.0. The molecule has 0 aliphatic rings. The van der Waals surface area contributed by atoms with E-state index in [0.717, 1.165) is 11.1 Å². The average molecular weight is 228 g/mol. The molecule has 0 atom stereocenters. The zero-order chi connectivity index (χ0) is 11.9. The van der Waals surface area contributed by atoms with Gasteiger partial charge in [0.05, 0.1) is 0 Å². The highest BCUT2D eigenvalue weighted by molar-refractivity contribution is 6.82. The molecule has 0 aliphatic carbocycles.